The summed E-state index contributed by atoms with van der Waals surface area (Å²) in [6.07, 6.45) is 0. The largest absolute Gasteiger partial charge is 0.494 e. The van der Waals surface area contributed by atoms with Crippen LogP contribution in [0.2, 0.25) is 0 Å². The van der Waals surface area contributed by atoms with Crippen LogP contribution in [0.25, 0.3) is 0 Å². The van der Waals surface area contributed by atoms with Crippen LogP contribution in [0.5, 0.6) is 5.75 Å². The van der Waals surface area contributed by atoms with Crippen LogP contribution in [0, 0.1) is 0 Å². The molecule has 1 aromatic carbocycles. The zero-order chi connectivity index (χ0) is 13.4. The fraction of sp³-hybridized carbons (Fsp3) is 0.538. The molecular formula is C13H22NO2P. The Hall–Kier alpha value is -0.950. The second kappa shape index (κ2) is 4.38. The molecule has 0 spiro atoms. The zero-order valence-electron chi connectivity index (χ0n) is 11.5. The van der Waals surface area contributed by atoms with Gasteiger partial charge in [-0.25, -0.2) is 0 Å². The van der Waals surface area contributed by atoms with E-state index in [0.717, 1.165) is 10.9 Å². The number of ether oxygens (including phenoxy) is 1. The summed E-state index contributed by atoms with van der Waals surface area (Å²) in [5, 5.41) is 0.727. The van der Waals surface area contributed by atoms with Gasteiger partial charge < -0.3 is 15.0 Å². The van der Waals surface area contributed by atoms with Gasteiger partial charge in [0, 0.05) is 0 Å². The average molecular weight is 255 g/mol. The van der Waals surface area contributed by atoms with Gasteiger partial charge in [0.05, 0.1) is 18.1 Å². The quantitative estimate of drug-likeness (QED) is 0.653. The van der Waals surface area contributed by atoms with E-state index in [-0.39, 0.29) is 5.41 Å². The normalized spacial score (nSPS) is 12.6. The number of nitrogens with two attached hydrogens (primary N) is 1. The summed E-state index contributed by atoms with van der Waals surface area (Å²) in [6, 6.07) is 3.86. The van der Waals surface area contributed by atoms with Crippen molar-refractivity contribution in [2.24, 2.45) is 0 Å². The maximum Gasteiger partial charge on any atom is 0.152 e. The van der Waals surface area contributed by atoms with Gasteiger partial charge in [0.25, 0.3) is 0 Å². The van der Waals surface area contributed by atoms with Crippen molar-refractivity contribution in [3.8, 4) is 5.75 Å². The van der Waals surface area contributed by atoms with Crippen molar-refractivity contribution in [1.82, 2.24) is 0 Å². The van der Waals surface area contributed by atoms with Gasteiger partial charge in [0.15, 0.2) is 5.75 Å². The van der Waals surface area contributed by atoms with Gasteiger partial charge in [-0.05, 0) is 36.4 Å². The van der Waals surface area contributed by atoms with Crippen LogP contribution >= 0.6 is 7.14 Å². The maximum absolute atomic E-state index is 12.3. The van der Waals surface area contributed by atoms with Crippen LogP contribution in [-0.4, -0.2) is 20.4 Å². The van der Waals surface area contributed by atoms with Crippen LogP contribution in [0.1, 0.15) is 26.3 Å². The predicted octanol–water partition coefficient (Wildman–Crippen LogP) is 2.82. The number of hydrogen-bond donors (Lipinski definition) is 1. The molecule has 0 amide bonds. The van der Waals surface area contributed by atoms with Gasteiger partial charge in [-0.3, -0.25) is 0 Å². The molecule has 4 heteroatoms. The number of benzene rings is 1. The third-order valence-electron chi connectivity index (χ3n) is 2.75. The van der Waals surface area contributed by atoms with Crippen molar-refractivity contribution in [1.29, 1.82) is 0 Å². The zero-order valence-corrected chi connectivity index (χ0v) is 12.4. The highest BCUT2D eigenvalue weighted by molar-refractivity contribution is 7.70. The van der Waals surface area contributed by atoms with E-state index in [0.29, 0.717) is 11.4 Å². The first-order valence-corrected chi connectivity index (χ1v) is 8.21. The molecule has 3 nitrogen and oxygen atoms in total. The highest BCUT2D eigenvalue weighted by atomic mass is 31.2. The van der Waals surface area contributed by atoms with E-state index in [1.807, 2.05) is 12.1 Å². The fourth-order valence-corrected chi connectivity index (χ4v) is 2.85. The van der Waals surface area contributed by atoms with E-state index in [2.05, 4.69) is 20.8 Å². The lowest BCUT2D eigenvalue weighted by atomic mass is 9.87. The van der Waals surface area contributed by atoms with E-state index in [9.17, 15) is 4.57 Å². The number of methoxy groups -OCH3 is 1. The fourth-order valence-electron chi connectivity index (χ4n) is 1.69. The number of nitrogen functional groups attached to an aromatic ring is 1. The molecule has 0 bridgehead atoms. The molecule has 0 heterocycles. The topological polar surface area (TPSA) is 52.3 Å². The minimum Gasteiger partial charge on any atom is -0.494 e. The summed E-state index contributed by atoms with van der Waals surface area (Å²) >= 11 is 0. The molecule has 0 aliphatic heterocycles. The molecule has 0 fully saturated rings. The first-order valence-electron chi connectivity index (χ1n) is 5.61. The standard InChI is InChI=1S/C13H22NO2P/c1-13(2,3)9-7-10(14)12(16-4)11(8-9)17(5,6)15/h7-8H,14H2,1-6H3. The van der Waals surface area contributed by atoms with Crippen molar-refractivity contribution >= 4 is 18.1 Å². The van der Waals surface area contributed by atoms with E-state index < -0.39 is 7.14 Å². The maximum atomic E-state index is 12.3. The van der Waals surface area contributed by atoms with Gasteiger partial charge >= 0.3 is 0 Å². The van der Waals surface area contributed by atoms with Gasteiger partial charge in [-0.15, -0.1) is 0 Å². The second-order valence-electron chi connectivity index (χ2n) is 5.72. The highest BCUT2D eigenvalue weighted by Gasteiger charge is 2.24. The summed E-state index contributed by atoms with van der Waals surface area (Å²) in [5.41, 5.74) is 7.59. The minimum atomic E-state index is -2.40. The van der Waals surface area contributed by atoms with Gasteiger partial charge in [0.2, 0.25) is 0 Å². The predicted molar refractivity (Wildman–Crippen MR) is 75.2 cm³/mol. The Labute approximate surface area is 104 Å². The van der Waals surface area contributed by atoms with Gasteiger partial charge in [0.1, 0.15) is 7.14 Å². The van der Waals surface area contributed by atoms with E-state index in [1.54, 1.807) is 20.4 Å². The molecule has 17 heavy (non-hydrogen) atoms. The monoisotopic (exact) mass is 255 g/mol. The van der Waals surface area contributed by atoms with Crippen molar-refractivity contribution in [3.05, 3.63) is 17.7 Å². The molecular weight excluding hydrogens is 233 g/mol. The van der Waals surface area contributed by atoms with E-state index >= 15 is 0 Å². The number of anilines is 1. The Bertz CT molecular complexity index is 469. The second-order valence-corrected chi connectivity index (χ2v) is 8.90. The summed E-state index contributed by atoms with van der Waals surface area (Å²) in [4.78, 5) is 0. The molecule has 96 valence electrons. The lowest BCUT2D eigenvalue weighted by Gasteiger charge is -2.23. The third-order valence-corrected chi connectivity index (χ3v) is 4.24. The average Bonchev–Trinajstić information content (AvgIpc) is 2.13. The van der Waals surface area contributed by atoms with Crippen LogP contribution < -0.4 is 15.8 Å². The van der Waals surface area contributed by atoms with Crippen molar-refractivity contribution in [2.75, 3.05) is 26.2 Å². The molecule has 0 aliphatic carbocycles. The Balaban J connectivity index is 3.57. The van der Waals surface area contributed by atoms with E-state index in [1.165, 1.54) is 0 Å². The molecule has 0 unspecified atom stereocenters. The number of hydrogen-bond acceptors (Lipinski definition) is 3. The molecule has 0 aromatic heterocycles. The molecule has 0 saturated carbocycles. The molecule has 0 atom stereocenters. The van der Waals surface area contributed by atoms with Crippen LogP contribution in [0.15, 0.2) is 12.1 Å². The first kappa shape index (κ1) is 14.1. The summed E-state index contributed by atoms with van der Waals surface area (Å²) in [6.45, 7) is 9.78. The van der Waals surface area contributed by atoms with Gasteiger partial charge in [-0.1, -0.05) is 20.8 Å². The van der Waals surface area contributed by atoms with Crippen molar-refractivity contribution in [3.63, 3.8) is 0 Å². The lowest BCUT2D eigenvalue weighted by Crippen LogP contribution is -2.18. The van der Waals surface area contributed by atoms with Gasteiger partial charge in [-0.2, -0.15) is 0 Å². The van der Waals surface area contributed by atoms with E-state index in [4.69, 9.17) is 10.5 Å². The Kier molecular flexibility index (Phi) is 3.63. The Morgan fingerprint density at radius 2 is 1.76 bits per heavy atom. The Morgan fingerprint density at radius 3 is 2.12 bits per heavy atom. The molecule has 1 rings (SSSR count). The van der Waals surface area contributed by atoms with Crippen molar-refractivity contribution in [2.45, 2.75) is 26.2 Å². The molecule has 2 N–H and O–H groups in total. The SMILES string of the molecule is COc1c(N)cc(C(C)(C)C)cc1P(C)(C)=O. The minimum absolute atomic E-state index is 0.0235. The molecule has 1 aromatic rings. The first-order chi connectivity index (χ1) is 7.57. The molecule has 0 radical (unpaired) electrons. The van der Waals surface area contributed by atoms with Crippen molar-refractivity contribution < 1.29 is 9.30 Å². The van der Waals surface area contributed by atoms with Crippen LogP contribution in [-0.2, 0) is 9.98 Å². The Morgan fingerprint density at radius 1 is 1.24 bits per heavy atom. The molecule has 0 aliphatic rings. The molecule has 0 saturated heterocycles. The smallest absolute Gasteiger partial charge is 0.152 e. The lowest BCUT2D eigenvalue weighted by molar-refractivity contribution is 0.419. The third kappa shape index (κ3) is 3.04. The van der Waals surface area contributed by atoms with Crippen LogP contribution in [0.3, 0.4) is 0 Å². The van der Waals surface area contributed by atoms with Crippen LogP contribution in [0.4, 0.5) is 5.69 Å². The summed E-state index contributed by atoms with van der Waals surface area (Å²) in [5.74, 6) is 0.548. The number of rotatable bonds is 2. The summed E-state index contributed by atoms with van der Waals surface area (Å²) < 4.78 is 17.6. The highest BCUT2D eigenvalue weighted by Crippen LogP contribution is 2.42. The summed E-state index contributed by atoms with van der Waals surface area (Å²) in [7, 11) is -0.843.